The van der Waals surface area contributed by atoms with Crippen molar-refractivity contribution in [2.75, 3.05) is 18.0 Å². The molecule has 0 radical (unpaired) electrons. The van der Waals surface area contributed by atoms with Crippen molar-refractivity contribution in [3.05, 3.63) is 17.8 Å². The van der Waals surface area contributed by atoms with E-state index in [2.05, 4.69) is 46.4 Å². The molecule has 0 amide bonds. The van der Waals surface area contributed by atoms with E-state index in [4.69, 9.17) is 0 Å². The van der Waals surface area contributed by atoms with Crippen molar-refractivity contribution in [1.29, 1.82) is 0 Å². The first kappa shape index (κ1) is 15.2. The van der Waals surface area contributed by atoms with Gasteiger partial charge in [0.2, 0.25) is 0 Å². The van der Waals surface area contributed by atoms with E-state index in [1.807, 2.05) is 0 Å². The molecule has 1 fully saturated rings. The Kier molecular flexibility index (Phi) is 6.25. The maximum Gasteiger partial charge on any atom is 0.151 e. The van der Waals surface area contributed by atoms with Crippen LogP contribution in [0.1, 0.15) is 58.1 Å². The lowest BCUT2D eigenvalue weighted by Crippen LogP contribution is -2.27. The minimum absolute atomic E-state index is 0.724. The average molecular weight is 276 g/mol. The summed E-state index contributed by atoms with van der Waals surface area (Å²) in [6.07, 6.45) is 7.51. The molecule has 0 aromatic carbocycles. The molecule has 0 bridgehead atoms. The Hall–Kier alpha value is -1.16. The van der Waals surface area contributed by atoms with E-state index in [9.17, 15) is 0 Å². The first-order valence-electron chi connectivity index (χ1n) is 8.14. The van der Waals surface area contributed by atoms with Gasteiger partial charge in [0.05, 0.1) is 5.69 Å². The van der Waals surface area contributed by atoms with Gasteiger partial charge >= 0.3 is 0 Å². The molecule has 0 unspecified atom stereocenters. The molecule has 4 heteroatoms. The summed E-state index contributed by atoms with van der Waals surface area (Å²) in [6.45, 7) is 7.49. The van der Waals surface area contributed by atoms with Gasteiger partial charge in [-0.1, -0.05) is 26.7 Å². The lowest BCUT2D eigenvalue weighted by molar-refractivity contribution is 0.650. The number of aromatic nitrogens is 2. The molecule has 1 aliphatic carbocycles. The molecule has 0 aliphatic heterocycles. The van der Waals surface area contributed by atoms with Crippen LogP contribution in [-0.2, 0) is 6.54 Å². The maximum atomic E-state index is 4.42. The molecule has 112 valence electrons. The van der Waals surface area contributed by atoms with Gasteiger partial charge in [0.15, 0.2) is 5.82 Å². The van der Waals surface area contributed by atoms with E-state index in [1.54, 1.807) is 0 Å². The number of nitrogens with one attached hydrogen (secondary N) is 1. The number of hydrogen-bond acceptors (Lipinski definition) is 4. The Labute approximate surface area is 123 Å². The number of rotatable bonds is 10. The fourth-order valence-corrected chi connectivity index (χ4v) is 2.19. The smallest absolute Gasteiger partial charge is 0.151 e. The normalized spacial score (nSPS) is 14.5. The van der Waals surface area contributed by atoms with Gasteiger partial charge in [0, 0.05) is 25.7 Å². The summed E-state index contributed by atoms with van der Waals surface area (Å²) in [7, 11) is 0. The molecule has 20 heavy (non-hydrogen) atoms. The summed E-state index contributed by atoms with van der Waals surface area (Å²) >= 11 is 0. The summed E-state index contributed by atoms with van der Waals surface area (Å²) in [5.74, 6) is 1.03. The van der Waals surface area contributed by atoms with Crippen molar-refractivity contribution in [3.63, 3.8) is 0 Å². The van der Waals surface area contributed by atoms with E-state index in [0.29, 0.717) is 0 Å². The third-order valence-electron chi connectivity index (χ3n) is 3.74. The van der Waals surface area contributed by atoms with Gasteiger partial charge < -0.3 is 10.2 Å². The molecule has 0 saturated heterocycles. The Morgan fingerprint density at radius 2 is 1.80 bits per heavy atom. The number of hydrogen-bond donors (Lipinski definition) is 1. The van der Waals surface area contributed by atoms with Gasteiger partial charge in [0.1, 0.15) is 0 Å². The molecule has 0 spiro atoms. The highest BCUT2D eigenvalue weighted by molar-refractivity contribution is 5.37. The highest BCUT2D eigenvalue weighted by Gasteiger charge is 2.20. The number of unbranched alkanes of at least 4 members (excludes halogenated alkanes) is 2. The zero-order chi connectivity index (χ0) is 14.2. The van der Waals surface area contributed by atoms with Crippen LogP contribution in [0.3, 0.4) is 0 Å². The molecule has 1 saturated carbocycles. The van der Waals surface area contributed by atoms with E-state index in [1.165, 1.54) is 38.5 Å². The summed E-state index contributed by atoms with van der Waals surface area (Å²) in [6, 6.07) is 4.97. The molecule has 1 N–H and O–H groups in total. The zero-order valence-corrected chi connectivity index (χ0v) is 12.9. The number of anilines is 1. The third-order valence-corrected chi connectivity index (χ3v) is 3.74. The second kappa shape index (κ2) is 8.20. The molecule has 0 atom stereocenters. The molecule has 1 aromatic rings. The van der Waals surface area contributed by atoms with Gasteiger partial charge in [0.25, 0.3) is 0 Å². The Morgan fingerprint density at radius 1 is 1.10 bits per heavy atom. The second-order valence-corrected chi connectivity index (χ2v) is 5.73. The van der Waals surface area contributed by atoms with E-state index in [0.717, 1.165) is 37.2 Å². The van der Waals surface area contributed by atoms with Crippen molar-refractivity contribution in [3.8, 4) is 0 Å². The quantitative estimate of drug-likeness (QED) is 0.713. The zero-order valence-electron chi connectivity index (χ0n) is 12.9. The Bertz CT molecular complexity index is 365. The lowest BCUT2D eigenvalue weighted by atomic mass is 10.2. The standard InChI is InChI=1S/C16H28N4/c1-3-5-11-20(12-6-4-2)16-10-9-15(18-19-16)13-17-14-7-8-14/h9-10,14,17H,3-8,11-13H2,1-2H3. The fourth-order valence-electron chi connectivity index (χ4n) is 2.19. The van der Waals surface area contributed by atoms with Crippen LogP contribution < -0.4 is 10.2 Å². The molecule has 2 rings (SSSR count). The third kappa shape index (κ3) is 5.08. The second-order valence-electron chi connectivity index (χ2n) is 5.73. The van der Waals surface area contributed by atoms with Crippen molar-refractivity contribution in [2.45, 2.75) is 65.0 Å². The van der Waals surface area contributed by atoms with Crippen LogP contribution in [0.5, 0.6) is 0 Å². The predicted molar refractivity (Wildman–Crippen MR) is 83.9 cm³/mol. The van der Waals surface area contributed by atoms with Crippen molar-refractivity contribution < 1.29 is 0 Å². The van der Waals surface area contributed by atoms with E-state index in [-0.39, 0.29) is 0 Å². The van der Waals surface area contributed by atoms with Crippen molar-refractivity contribution in [1.82, 2.24) is 15.5 Å². The van der Waals surface area contributed by atoms with Gasteiger partial charge in [-0.15, -0.1) is 5.10 Å². The minimum Gasteiger partial charge on any atom is -0.355 e. The van der Waals surface area contributed by atoms with Crippen molar-refractivity contribution >= 4 is 5.82 Å². The maximum absolute atomic E-state index is 4.42. The van der Waals surface area contributed by atoms with Gasteiger partial charge in [-0.2, -0.15) is 5.10 Å². The van der Waals surface area contributed by atoms with Crippen LogP contribution in [0, 0.1) is 0 Å². The fraction of sp³-hybridized carbons (Fsp3) is 0.750. The van der Waals surface area contributed by atoms with E-state index < -0.39 is 0 Å². The molecular formula is C16H28N4. The summed E-state index contributed by atoms with van der Waals surface area (Å²) in [5.41, 5.74) is 1.05. The van der Waals surface area contributed by atoms with Crippen LogP contribution in [0.4, 0.5) is 5.82 Å². The summed E-state index contributed by atoms with van der Waals surface area (Å²) in [5, 5.41) is 12.3. The molecular weight excluding hydrogens is 248 g/mol. The van der Waals surface area contributed by atoms with E-state index >= 15 is 0 Å². The highest BCUT2D eigenvalue weighted by atomic mass is 15.3. The SMILES string of the molecule is CCCCN(CCCC)c1ccc(CNC2CC2)nn1. The van der Waals surface area contributed by atoms with Gasteiger partial charge in [-0.05, 0) is 37.8 Å². The Morgan fingerprint density at radius 3 is 2.30 bits per heavy atom. The number of nitrogens with zero attached hydrogens (tertiary/aromatic N) is 3. The van der Waals surface area contributed by atoms with Crippen LogP contribution in [0.25, 0.3) is 0 Å². The molecule has 4 nitrogen and oxygen atoms in total. The highest BCUT2D eigenvalue weighted by Crippen LogP contribution is 2.19. The van der Waals surface area contributed by atoms with Gasteiger partial charge in [-0.25, -0.2) is 0 Å². The summed E-state index contributed by atoms with van der Waals surface area (Å²) in [4.78, 5) is 2.37. The van der Waals surface area contributed by atoms with Crippen LogP contribution in [0.15, 0.2) is 12.1 Å². The molecule has 1 aromatic heterocycles. The van der Waals surface area contributed by atoms with Crippen LogP contribution >= 0.6 is 0 Å². The first-order chi connectivity index (χ1) is 9.83. The lowest BCUT2D eigenvalue weighted by Gasteiger charge is -2.23. The average Bonchev–Trinajstić information content (AvgIpc) is 3.30. The van der Waals surface area contributed by atoms with Crippen molar-refractivity contribution in [2.24, 2.45) is 0 Å². The van der Waals surface area contributed by atoms with Crippen LogP contribution in [-0.4, -0.2) is 29.3 Å². The molecule has 1 aliphatic rings. The van der Waals surface area contributed by atoms with Crippen LogP contribution in [0.2, 0.25) is 0 Å². The largest absolute Gasteiger partial charge is 0.355 e. The first-order valence-corrected chi connectivity index (χ1v) is 8.14. The topological polar surface area (TPSA) is 41.0 Å². The Balaban J connectivity index is 1.88. The van der Waals surface area contributed by atoms with Gasteiger partial charge in [-0.3, -0.25) is 0 Å². The molecule has 1 heterocycles. The predicted octanol–water partition coefficient (Wildman–Crippen LogP) is 3.14. The minimum atomic E-state index is 0.724. The summed E-state index contributed by atoms with van der Waals surface area (Å²) < 4.78 is 0. The monoisotopic (exact) mass is 276 g/mol.